The molecule has 0 amide bonds. The second-order valence-electron chi connectivity index (χ2n) is 2.82. The van der Waals surface area contributed by atoms with Gasteiger partial charge in [-0.25, -0.2) is 0 Å². The Labute approximate surface area is 59.3 Å². The highest BCUT2D eigenvalue weighted by molar-refractivity contribution is 6.86. The van der Waals surface area contributed by atoms with E-state index in [4.69, 9.17) is 0 Å². The summed E-state index contributed by atoms with van der Waals surface area (Å²) in [5, 5.41) is 0. The van der Waals surface area contributed by atoms with Gasteiger partial charge in [0.15, 0.2) is 0 Å². The van der Waals surface area contributed by atoms with E-state index in [0.717, 1.165) is 0 Å². The van der Waals surface area contributed by atoms with Gasteiger partial charge in [0.05, 0.1) is 8.07 Å². The van der Waals surface area contributed by atoms with Gasteiger partial charge < -0.3 is 0 Å². The number of allylic oxidation sites excluding steroid dienone is 2. The molecule has 0 aliphatic heterocycles. The van der Waals surface area contributed by atoms with Gasteiger partial charge in [-0.15, -0.1) is 0 Å². The molecule has 0 aliphatic rings. The first kappa shape index (κ1) is 8.70. The van der Waals surface area contributed by atoms with Crippen molar-refractivity contribution < 1.29 is 0 Å². The predicted molar refractivity (Wildman–Crippen MR) is 47.1 cm³/mol. The molecule has 0 N–H and O–H groups in total. The maximum absolute atomic E-state index is 2.33. The van der Waals surface area contributed by atoms with E-state index in [0.29, 0.717) is 0 Å². The van der Waals surface area contributed by atoms with Crippen molar-refractivity contribution in [3.63, 3.8) is 0 Å². The van der Waals surface area contributed by atoms with E-state index in [2.05, 4.69) is 50.5 Å². The molecule has 0 aliphatic carbocycles. The zero-order valence-corrected chi connectivity index (χ0v) is 7.81. The molecule has 0 heterocycles. The molecule has 9 heavy (non-hydrogen) atoms. The van der Waals surface area contributed by atoms with Crippen LogP contribution in [-0.4, -0.2) is 8.07 Å². The Bertz CT molecular complexity index is 107. The quantitative estimate of drug-likeness (QED) is 0.517. The van der Waals surface area contributed by atoms with Gasteiger partial charge in [0, 0.05) is 0 Å². The average molecular weight is 140 g/mol. The molecule has 0 unspecified atom stereocenters. The Morgan fingerprint density at radius 2 is 1.22 bits per heavy atom. The van der Waals surface area contributed by atoms with Crippen LogP contribution in [-0.2, 0) is 0 Å². The van der Waals surface area contributed by atoms with E-state index in [-0.39, 0.29) is 0 Å². The molecule has 0 rings (SSSR count). The number of hydrogen-bond donors (Lipinski definition) is 0. The van der Waals surface area contributed by atoms with E-state index in [9.17, 15) is 0 Å². The molecule has 0 saturated carbocycles. The Kier molecular flexibility index (Phi) is 3.55. The monoisotopic (exact) mass is 140 g/mol. The van der Waals surface area contributed by atoms with Gasteiger partial charge in [-0.05, 0) is 13.8 Å². The van der Waals surface area contributed by atoms with Crippen LogP contribution in [0.25, 0.3) is 0 Å². The van der Waals surface area contributed by atoms with Gasteiger partial charge in [-0.2, -0.15) is 0 Å². The molecule has 0 bridgehead atoms. The second-order valence-corrected chi connectivity index (χ2v) is 7.13. The minimum absolute atomic E-state index is 1.06. The smallest absolute Gasteiger partial charge is 0.0947 e. The zero-order chi connectivity index (χ0) is 7.33. The first-order valence-corrected chi connectivity index (χ1v) is 6.55. The van der Waals surface area contributed by atoms with Crippen LogP contribution in [0.3, 0.4) is 0 Å². The maximum atomic E-state index is 2.33. The lowest BCUT2D eigenvalue weighted by atomic mass is 10.8. The normalized spacial score (nSPS) is 13.8. The lowest BCUT2D eigenvalue weighted by molar-refractivity contribution is 1.69. The SMILES string of the molecule is CC=C[Si](C)(C)C=CC. The van der Waals surface area contributed by atoms with Crippen molar-refractivity contribution in [1.29, 1.82) is 0 Å². The summed E-state index contributed by atoms with van der Waals surface area (Å²) in [6, 6.07) is 0. The third-order valence-corrected chi connectivity index (χ3v) is 3.58. The summed E-state index contributed by atoms with van der Waals surface area (Å²) in [4.78, 5) is 0. The van der Waals surface area contributed by atoms with Crippen LogP contribution in [0.4, 0.5) is 0 Å². The van der Waals surface area contributed by atoms with Gasteiger partial charge in [-0.1, -0.05) is 36.6 Å². The molecule has 0 aromatic rings. The fraction of sp³-hybridized carbons (Fsp3) is 0.500. The molecule has 1 heteroatoms. The van der Waals surface area contributed by atoms with Crippen LogP contribution in [0.1, 0.15) is 13.8 Å². The number of rotatable bonds is 2. The van der Waals surface area contributed by atoms with Crippen molar-refractivity contribution in [2.45, 2.75) is 26.9 Å². The van der Waals surface area contributed by atoms with Crippen molar-refractivity contribution in [3.05, 3.63) is 23.6 Å². The highest BCUT2D eigenvalue weighted by Crippen LogP contribution is 2.04. The molecular weight excluding hydrogens is 124 g/mol. The van der Waals surface area contributed by atoms with Crippen molar-refractivity contribution >= 4 is 8.07 Å². The number of hydrogen-bond acceptors (Lipinski definition) is 0. The molecule has 0 atom stereocenters. The summed E-state index contributed by atoms with van der Waals surface area (Å²) in [7, 11) is -1.06. The van der Waals surface area contributed by atoms with E-state index >= 15 is 0 Å². The van der Waals surface area contributed by atoms with Crippen LogP contribution in [0.5, 0.6) is 0 Å². The summed E-state index contributed by atoms with van der Waals surface area (Å²) >= 11 is 0. The lowest BCUT2D eigenvalue weighted by Gasteiger charge is -2.09. The van der Waals surface area contributed by atoms with Crippen LogP contribution in [0.15, 0.2) is 23.6 Å². The van der Waals surface area contributed by atoms with E-state index in [1.165, 1.54) is 0 Å². The molecule has 0 spiro atoms. The minimum atomic E-state index is -1.06. The summed E-state index contributed by atoms with van der Waals surface area (Å²) in [5.74, 6) is 0. The van der Waals surface area contributed by atoms with E-state index < -0.39 is 8.07 Å². The standard InChI is InChI=1S/C8H16Si/c1-5-7-9(3,4)8-6-2/h5-8H,1-4H3. The van der Waals surface area contributed by atoms with E-state index in [1.807, 2.05) is 0 Å². The summed E-state index contributed by atoms with van der Waals surface area (Å²) in [6.45, 7) is 8.82. The summed E-state index contributed by atoms with van der Waals surface area (Å²) in [6.07, 6.45) is 4.29. The molecule has 0 aromatic carbocycles. The zero-order valence-electron chi connectivity index (χ0n) is 6.81. The van der Waals surface area contributed by atoms with Crippen LogP contribution in [0, 0.1) is 0 Å². The summed E-state index contributed by atoms with van der Waals surface area (Å²) in [5.41, 5.74) is 4.65. The van der Waals surface area contributed by atoms with Gasteiger partial charge in [0.25, 0.3) is 0 Å². The maximum Gasteiger partial charge on any atom is 0.0947 e. The molecule has 0 aromatic heterocycles. The highest BCUT2D eigenvalue weighted by Gasteiger charge is 2.09. The van der Waals surface area contributed by atoms with Crippen molar-refractivity contribution in [2.24, 2.45) is 0 Å². The third kappa shape index (κ3) is 4.22. The molecule has 0 radical (unpaired) electrons. The highest BCUT2D eigenvalue weighted by atomic mass is 28.3. The van der Waals surface area contributed by atoms with Gasteiger partial charge in [-0.3, -0.25) is 0 Å². The molecule has 0 nitrogen and oxygen atoms in total. The largest absolute Gasteiger partial charge is 0.0952 e. The summed E-state index contributed by atoms with van der Waals surface area (Å²) < 4.78 is 0. The van der Waals surface area contributed by atoms with Gasteiger partial charge in [0.2, 0.25) is 0 Å². The average Bonchev–Trinajstić information content (AvgIpc) is 1.64. The Morgan fingerprint density at radius 1 is 0.889 bits per heavy atom. The first-order chi connectivity index (χ1) is 4.12. The van der Waals surface area contributed by atoms with Crippen molar-refractivity contribution in [2.75, 3.05) is 0 Å². The molecule has 0 saturated heterocycles. The Hall–Kier alpha value is -0.303. The Balaban J connectivity index is 4.01. The topological polar surface area (TPSA) is 0 Å². The van der Waals surface area contributed by atoms with Gasteiger partial charge >= 0.3 is 0 Å². The lowest BCUT2D eigenvalue weighted by Crippen LogP contribution is -2.18. The fourth-order valence-electron chi connectivity index (χ4n) is 0.915. The van der Waals surface area contributed by atoms with Crippen LogP contribution < -0.4 is 0 Å². The first-order valence-electron chi connectivity index (χ1n) is 3.40. The van der Waals surface area contributed by atoms with Crippen LogP contribution >= 0.6 is 0 Å². The van der Waals surface area contributed by atoms with E-state index in [1.54, 1.807) is 0 Å². The third-order valence-electron chi connectivity index (χ3n) is 1.19. The van der Waals surface area contributed by atoms with Crippen molar-refractivity contribution in [3.8, 4) is 0 Å². The van der Waals surface area contributed by atoms with Crippen LogP contribution in [0.2, 0.25) is 13.1 Å². The molecular formula is C8H16Si. The minimum Gasteiger partial charge on any atom is -0.0952 e. The fourth-order valence-corrected chi connectivity index (χ4v) is 2.74. The predicted octanol–water partition coefficient (Wildman–Crippen LogP) is 2.93. The second kappa shape index (κ2) is 3.67. The Morgan fingerprint density at radius 3 is 1.44 bits per heavy atom. The van der Waals surface area contributed by atoms with Gasteiger partial charge in [0.1, 0.15) is 0 Å². The van der Waals surface area contributed by atoms with Crippen molar-refractivity contribution in [1.82, 2.24) is 0 Å². The molecule has 0 fully saturated rings. The molecule has 52 valence electrons.